The zero-order valence-electron chi connectivity index (χ0n) is 13.4. The highest BCUT2D eigenvalue weighted by Crippen LogP contribution is 2.46. The molecule has 0 saturated carbocycles. The third-order valence-corrected chi connectivity index (χ3v) is 24.0. The second-order valence-corrected chi connectivity index (χ2v) is 20.5. The van der Waals surface area contributed by atoms with E-state index in [1.54, 1.807) is 0 Å². The first-order valence-corrected chi connectivity index (χ1v) is 14.9. The Morgan fingerprint density at radius 3 is 0.810 bits per heavy atom. The van der Waals surface area contributed by atoms with E-state index < -0.39 is 14.4 Å². The van der Waals surface area contributed by atoms with E-state index in [0.29, 0.717) is 0 Å². The highest BCUT2D eigenvalue weighted by molar-refractivity contribution is 8.50. The summed E-state index contributed by atoms with van der Waals surface area (Å²) in [6.07, 6.45) is 12.5. The number of rotatable bonds is 14. The zero-order valence-corrected chi connectivity index (χ0v) is 16.2. The predicted molar refractivity (Wildman–Crippen MR) is 109 cm³/mol. The van der Waals surface area contributed by atoms with Gasteiger partial charge in [-0.15, -0.1) is 39.5 Å². The molecule has 0 atom stereocenters. The molecule has 0 spiro atoms. The van der Waals surface area contributed by atoms with E-state index in [9.17, 15) is 0 Å². The molecular formula is C18H30SSi2. The predicted octanol–water partition coefficient (Wildman–Crippen LogP) is 6.73. The van der Waals surface area contributed by atoms with Crippen molar-refractivity contribution < 1.29 is 0 Å². The van der Waals surface area contributed by atoms with E-state index in [-0.39, 0.29) is 0 Å². The van der Waals surface area contributed by atoms with Gasteiger partial charge in [0.15, 0.2) is 0 Å². The number of hydrogen-bond donors (Lipinski definition) is 0. The van der Waals surface area contributed by atoms with Crippen molar-refractivity contribution in [3.05, 3.63) is 75.9 Å². The van der Waals surface area contributed by atoms with Gasteiger partial charge in [0, 0.05) is 0 Å². The molecule has 0 aromatic heterocycles. The zero-order chi connectivity index (χ0) is 16.2. The molecule has 116 valence electrons. The van der Waals surface area contributed by atoms with Crippen molar-refractivity contribution in [2.75, 3.05) is 0 Å². The minimum absolute atomic E-state index is 1.11. The molecule has 0 rings (SSSR count). The molecule has 0 heterocycles. The van der Waals surface area contributed by atoms with E-state index in [1.165, 1.54) is 0 Å². The quantitative estimate of drug-likeness (QED) is 0.251. The second kappa shape index (κ2) is 10.9. The molecule has 0 aliphatic heterocycles. The topological polar surface area (TPSA) is 0 Å². The highest BCUT2D eigenvalue weighted by atomic mass is 32.5. The van der Waals surface area contributed by atoms with Crippen LogP contribution in [0.4, 0.5) is 0 Å². The van der Waals surface area contributed by atoms with Crippen molar-refractivity contribution in [3.8, 4) is 0 Å². The fraction of sp³-hybridized carbons (Fsp3) is 0.333. The number of hydrogen-bond acceptors (Lipinski definition) is 1. The van der Waals surface area contributed by atoms with Gasteiger partial charge in [-0.1, -0.05) is 36.5 Å². The maximum atomic E-state index is 3.99. The molecule has 0 radical (unpaired) electrons. The summed E-state index contributed by atoms with van der Waals surface area (Å²) in [6, 6.07) is 6.64. The first-order chi connectivity index (χ1) is 10.1. The molecule has 3 heteroatoms. The van der Waals surface area contributed by atoms with Crippen LogP contribution in [0.3, 0.4) is 0 Å². The lowest BCUT2D eigenvalue weighted by atomic mass is 10.7. The summed E-state index contributed by atoms with van der Waals surface area (Å²) < 4.78 is 0. The summed E-state index contributed by atoms with van der Waals surface area (Å²) >= 11 is 0. The van der Waals surface area contributed by atoms with Gasteiger partial charge >= 0.3 is 0 Å². The van der Waals surface area contributed by atoms with Crippen LogP contribution >= 0.6 is 10.7 Å². The fourth-order valence-corrected chi connectivity index (χ4v) is 27.5. The molecule has 0 saturated heterocycles. The Hall–Kier alpha value is -0.776. The lowest BCUT2D eigenvalue weighted by molar-refractivity contribution is 1.41. The van der Waals surface area contributed by atoms with Crippen LogP contribution < -0.4 is 0 Å². The highest BCUT2D eigenvalue weighted by Gasteiger charge is 2.41. The van der Waals surface area contributed by atoms with Crippen LogP contribution in [-0.4, -0.2) is 14.4 Å². The van der Waals surface area contributed by atoms with Crippen LogP contribution in [0.2, 0.25) is 36.3 Å². The fourth-order valence-electron chi connectivity index (χ4n) is 2.79. The first kappa shape index (κ1) is 20.2. The van der Waals surface area contributed by atoms with Gasteiger partial charge < -0.3 is 0 Å². The first-order valence-electron chi connectivity index (χ1n) is 7.43. The van der Waals surface area contributed by atoms with E-state index in [1.807, 2.05) is 0 Å². The SMILES string of the molecule is C=CC[Si](CC=C)(CC=C)S[Si](CC=C)(CC=C)CC=C. The molecule has 0 N–H and O–H groups in total. The van der Waals surface area contributed by atoms with Crippen molar-refractivity contribution in [2.24, 2.45) is 0 Å². The maximum Gasteiger partial charge on any atom is 0.121 e. The Labute approximate surface area is 137 Å². The lowest BCUT2D eigenvalue weighted by Crippen LogP contribution is -2.40. The minimum Gasteiger partial charge on any atom is -0.203 e. The summed E-state index contributed by atoms with van der Waals surface area (Å²) in [5, 5.41) is 0. The molecule has 0 aliphatic carbocycles. The van der Waals surface area contributed by atoms with E-state index in [4.69, 9.17) is 0 Å². The van der Waals surface area contributed by atoms with Crippen LogP contribution in [0, 0.1) is 0 Å². The Morgan fingerprint density at radius 2 is 0.667 bits per heavy atom. The van der Waals surface area contributed by atoms with Crippen molar-refractivity contribution in [1.82, 2.24) is 0 Å². The number of allylic oxidation sites excluding steroid dienone is 6. The van der Waals surface area contributed by atoms with Gasteiger partial charge in [-0.3, -0.25) is 0 Å². The standard InChI is InChI=1S/C18H30SSi2/c1-7-13-20(14-8-2,15-9-3)19-21(16-10-4,17-11-5)18-12-6/h7-12H,1-6,13-18H2. The Bertz CT molecular complexity index is 296. The normalized spacial score (nSPS) is 11.4. The van der Waals surface area contributed by atoms with Crippen LogP contribution in [-0.2, 0) is 0 Å². The maximum absolute atomic E-state index is 3.99. The van der Waals surface area contributed by atoms with Gasteiger partial charge in [0.2, 0.25) is 0 Å². The average Bonchev–Trinajstić information content (AvgIpc) is 2.40. The molecular weight excluding hydrogens is 304 g/mol. The molecule has 0 aromatic carbocycles. The largest absolute Gasteiger partial charge is 0.203 e. The molecule has 0 nitrogen and oxygen atoms in total. The second-order valence-electron chi connectivity index (χ2n) is 5.42. The molecule has 21 heavy (non-hydrogen) atoms. The Kier molecular flexibility index (Phi) is 10.5. The monoisotopic (exact) mass is 334 g/mol. The third-order valence-electron chi connectivity index (χ3n) is 3.53. The average molecular weight is 335 g/mol. The van der Waals surface area contributed by atoms with Crippen LogP contribution in [0.5, 0.6) is 0 Å². The van der Waals surface area contributed by atoms with Gasteiger partial charge in [-0.05, 0) is 36.3 Å². The van der Waals surface area contributed by atoms with Gasteiger partial charge in [-0.25, -0.2) is 10.7 Å². The molecule has 0 aliphatic rings. The van der Waals surface area contributed by atoms with E-state index in [0.717, 1.165) is 36.3 Å². The summed E-state index contributed by atoms with van der Waals surface area (Å²) in [5.74, 6) is 0. The van der Waals surface area contributed by atoms with Crippen molar-refractivity contribution in [1.29, 1.82) is 0 Å². The Balaban J connectivity index is 5.60. The Morgan fingerprint density at radius 1 is 0.476 bits per heavy atom. The molecule has 0 unspecified atom stereocenters. The summed E-state index contributed by atoms with van der Waals surface area (Å²) in [5.41, 5.74) is 0. The van der Waals surface area contributed by atoms with Gasteiger partial charge in [0.1, 0.15) is 14.4 Å². The van der Waals surface area contributed by atoms with Crippen LogP contribution in [0.1, 0.15) is 0 Å². The molecule has 0 aromatic rings. The lowest BCUT2D eigenvalue weighted by Gasteiger charge is -2.39. The van der Waals surface area contributed by atoms with E-state index in [2.05, 4.69) is 86.6 Å². The van der Waals surface area contributed by atoms with Crippen LogP contribution in [0.25, 0.3) is 0 Å². The van der Waals surface area contributed by atoms with Crippen molar-refractivity contribution in [2.45, 2.75) is 36.3 Å². The summed E-state index contributed by atoms with van der Waals surface area (Å²) in [7, 11) is -0.841. The van der Waals surface area contributed by atoms with Gasteiger partial charge in [0.25, 0.3) is 0 Å². The summed E-state index contributed by atoms with van der Waals surface area (Å²) in [4.78, 5) is 0. The molecule has 0 bridgehead atoms. The molecule has 0 fully saturated rings. The molecule has 0 amide bonds. The van der Waals surface area contributed by atoms with E-state index >= 15 is 0 Å². The summed E-state index contributed by atoms with van der Waals surface area (Å²) in [6.45, 7) is 23.9. The minimum atomic E-state index is -1.56. The van der Waals surface area contributed by atoms with Crippen molar-refractivity contribution in [3.63, 3.8) is 0 Å². The smallest absolute Gasteiger partial charge is 0.121 e. The third kappa shape index (κ3) is 6.68. The van der Waals surface area contributed by atoms with Crippen LogP contribution in [0.15, 0.2) is 75.9 Å². The van der Waals surface area contributed by atoms with Crippen molar-refractivity contribution >= 4 is 25.1 Å². The van der Waals surface area contributed by atoms with Gasteiger partial charge in [0.05, 0.1) is 0 Å². The van der Waals surface area contributed by atoms with Gasteiger partial charge in [-0.2, -0.15) is 0 Å².